The summed E-state index contributed by atoms with van der Waals surface area (Å²) in [5.74, 6) is -0.227. The predicted octanol–water partition coefficient (Wildman–Crippen LogP) is 4.74. The Bertz CT molecular complexity index is 1240. The van der Waals surface area contributed by atoms with Crippen LogP contribution in [-0.4, -0.2) is 45.3 Å². The molecule has 1 N–H and O–H groups in total. The molecule has 0 atom stereocenters. The van der Waals surface area contributed by atoms with Gasteiger partial charge in [-0.25, -0.2) is 8.42 Å². The van der Waals surface area contributed by atoms with Gasteiger partial charge in [0.25, 0.3) is 0 Å². The summed E-state index contributed by atoms with van der Waals surface area (Å²) in [6, 6.07) is 18.8. The second-order valence-corrected chi connectivity index (χ2v) is 10.3. The second-order valence-electron chi connectivity index (χ2n) is 8.00. The predicted molar refractivity (Wildman–Crippen MR) is 130 cm³/mol. The van der Waals surface area contributed by atoms with E-state index in [0.29, 0.717) is 30.3 Å². The van der Waals surface area contributed by atoms with E-state index < -0.39 is 10.0 Å². The van der Waals surface area contributed by atoms with E-state index in [1.54, 1.807) is 0 Å². The van der Waals surface area contributed by atoms with Crippen molar-refractivity contribution in [3.8, 4) is 0 Å². The third-order valence-electron chi connectivity index (χ3n) is 5.76. The van der Waals surface area contributed by atoms with Crippen LogP contribution in [0.15, 0.2) is 65.6 Å². The van der Waals surface area contributed by atoms with Gasteiger partial charge >= 0.3 is 0 Å². The lowest BCUT2D eigenvalue weighted by Crippen LogP contribution is -2.28. The molecule has 0 unspecified atom stereocenters. The Kier molecular flexibility index (Phi) is 6.69. The smallest absolute Gasteiger partial charge is 0.243 e. The fraction of sp³-hybridized carbons (Fsp3) is 0.292. The Hall–Kier alpha value is -2.61. The van der Waals surface area contributed by atoms with Crippen LogP contribution in [-0.2, 0) is 14.8 Å². The minimum Gasteiger partial charge on any atom is -0.374 e. The van der Waals surface area contributed by atoms with Crippen molar-refractivity contribution in [2.75, 3.05) is 36.9 Å². The Labute approximate surface area is 193 Å². The molecule has 0 bridgehead atoms. The molecule has 0 aliphatic carbocycles. The molecule has 8 heteroatoms. The number of hydrogen-bond acceptors (Lipinski definition) is 4. The quantitative estimate of drug-likeness (QED) is 0.540. The number of rotatable bonds is 7. The van der Waals surface area contributed by atoms with E-state index in [1.807, 2.05) is 30.1 Å². The summed E-state index contributed by atoms with van der Waals surface area (Å²) < 4.78 is 27.1. The third-order valence-corrected chi connectivity index (χ3v) is 7.99. The topological polar surface area (TPSA) is 69.7 Å². The Morgan fingerprint density at radius 2 is 1.75 bits per heavy atom. The maximum absolute atomic E-state index is 12.8. The summed E-state index contributed by atoms with van der Waals surface area (Å²) in [4.78, 5) is 14.7. The van der Waals surface area contributed by atoms with Gasteiger partial charge in [0.15, 0.2) is 0 Å². The largest absolute Gasteiger partial charge is 0.374 e. The van der Waals surface area contributed by atoms with Gasteiger partial charge in [0.05, 0.1) is 15.6 Å². The molecule has 0 aromatic heterocycles. The molecule has 1 aliphatic rings. The maximum Gasteiger partial charge on any atom is 0.243 e. The normalized spacial score (nSPS) is 14.6. The van der Waals surface area contributed by atoms with Crippen molar-refractivity contribution in [2.45, 2.75) is 24.2 Å². The third kappa shape index (κ3) is 4.90. The molecule has 1 aliphatic heterocycles. The summed E-state index contributed by atoms with van der Waals surface area (Å²) >= 11 is 6.23. The summed E-state index contributed by atoms with van der Waals surface area (Å²) in [7, 11) is -1.64. The number of nitrogens with one attached hydrogen (secondary N) is 1. The second kappa shape index (κ2) is 9.48. The number of carbonyl (C=O) groups is 1. The number of sulfonamides is 1. The molecule has 3 aromatic rings. The number of nitrogens with zero attached hydrogens (tertiary/aromatic N) is 2. The number of fused-ring (bicyclic) bond motifs is 1. The number of amides is 1. The number of anilines is 2. The molecule has 1 fully saturated rings. The lowest BCUT2D eigenvalue weighted by Gasteiger charge is -2.20. The van der Waals surface area contributed by atoms with Crippen molar-refractivity contribution in [3.05, 3.63) is 65.7 Å². The molecule has 168 valence electrons. The van der Waals surface area contributed by atoms with Gasteiger partial charge in [-0.15, -0.1) is 0 Å². The van der Waals surface area contributed by atoms with Crippen molar-refractivity contribution in [2.24, 2.45) is 0 Å². The van der Waals surface area contributed by atoms with Gasteiger partial charge < -0.3 is 10.2 Å². The molecule has 1 amide bonds. The SMILES string of the molecule is CN(CCC(=O)Nc1cc(S(=O)(=O)N2CCCC2)ccc1Cl)c1ccc2ccccc2c1. The molecule has 0 spiro atoms. The van der Waals surface area contributed by atoms with Crippen molar-refractivity contribution >= 4 is 49.7 Å². The van der Waals surface area contributed by atoms with Crippen molar-refractivity contribution < 1.29 is 13.2 Å². The van der Waals surface area contributed by atoms with Crippen LogP contribution < -0.4 is 10.2 Å². The van der Waals surface area contributed by atoms with Crippen molar-refractivity contribution in [3.63, 3.8) is 0 Å². The van der Waals surface area contributed by atoms with Crippen LogP contribution in [0.25, 0.3) is 10.8 Å². The van der Waals surface area contributed by atoms with Gasteiger partial charge in [0.1, 0.15) is 0 Å². The molecular formula is C24H26ClN3O3S. The van der Waals surface area contributed by atoms with E-state index >= 15 is 0 Å². The van der Waals surface area contributed by atoms with E-state index in [4.69, 9.17) is 11.6 Å². The highest BCUT2D eigenvalue weighted by molar-refractivity contribution is 7.89. The molecule has 1 heterocycles. The number of hydrogen-bond donors (Lipinski definition) is 1. The zero-order valence-corrected chi connectivity index (χ0v) is 19.5. The molecular weight excluding hydrogens is 446 g/mol. The summed E-state index contributed by atoms with van der Waals surface area (Å²) in [6.07, 6.45) is 1.96. The molecule has 0 saturated carbocycles. The highest BCUT2D eigenvalue weighted by Crippen LogP contribution is 2.28. The zero-order valence-electron chi connectivity index (χ0n) is 17.9. The molecule has 0 radical (unpaired) electrons. The van der Waals surface area contributed by atoms with E-state index in [0.717, 1.165) is 23.9 Å². The van der Waals surface area contributed by atoms with Gasteiger partial charge in [0, 0.05) is 38.8 Å². The van der Waals surface area contributed by atoms with Crippen LogP contribution in [0.2, 0.25) is 5.02 Å². The maximum atomic E-state index is 12.8. The average Bonchev–Trinajstić information content (AvgIpc) is 3.34. The van der Waals surface area contributed by atoms with Gasteiger partial charge in [-0.3, -0.25) is 4.79 Å². The minimum atomic E-state index is -3.58. The van der Waals surface area contributed by atoms with Crippen LogP contribution in [0.5, 0.6) is 0 Å². The van der Waals surface area contributed by atoms with Crippen LogP contribution in [0.4, 0.5) is 11.4 Å². The first-order valence-corrected chi connectivity index (χ1v) is 12.5. The summed E-state index contributed by atoms with van der Waals surface area (Å²) in [5, 5.41) is 5.39. The van der Waals surface area contributed by atoms with Crippen LogP contribution in [0, 0.1) is 0 Å². The fourth-order valence-electron chi connectivity index (χ4n) is 3.86. The molecule has 6 nitrogen and oxygen atoms in total. The van der Waals surface area contributed by atoms with Gasteiger partial charge in [-0.1, -0.05) is 41.9 Å². The van der Waals surface area contributed by atoms with E-state index in [-0.39, 0.29) is 17.2 Å². The first kappa shape index (κ1) is 22.6. The fourth-order valence-corrected chi connectivity index (χ4v) is 5.57. The number of halogens is 1. The average molecular weight is 472 g/mol. The molecule has 1 saturated heterocycles. The lowest BCUT2D eigenvalue weighted by atomic mass is 10.1. The first-order valence-electron chi connectivity index (χ1n) is 10.6. The van der Waals surface area contributed by atoms with Gasteiger partial charge in [-0.05, 0) is 53.9 Å². The number of carbonyl (C=O) groups excluding carboxylic acids is 1. The highest BCUT2D eigenvalue weighted by atomic mass is 35.5. The Morgan fingerprint density at radius 3 is 2.50 bits per heavy atom. The Morgan fingerprint density at radius 1 is 1.03 bits per heavy atom. The Balaban J connectivity index is 1.41. The van der Waals surface area contributed by atoms with Crippen LogP contribution in [0.3, 0.4) is 0 Å². The van der Waals surface area contributed by atoms with Gasteiger partial charge in [-0.2, -0.15) is 4.31 Å². The lowest BCUT2D eigenvalue weighted by molar-refractivity contribution is -0.116. The van der Waals surface area contributed by atoms with Crippen molar-refractivity contribution in [1.82, 2.24) is 4.31 Å². The van der Waals surface area contributed by atoms with Crippen molar-refractivity contribution in [1.29, 1.82) is 0 Å². The monoisotopic (exact) mass is 471 g/mol. The summed E-state index contributed by atoms with van der Waals surface area (Å²) in [6.45, 7) is 1.55. The van der Waals surface area contributed by atoms with E-state index in [9.17, 15) is 13.2 Å². The van der Waals surface area contributed by atoms with Crippen LogP contribution >= 0.6 is 11.6 Å². The van der Waals surface area contributed by atoms with E-state index in [1.165, 1.54) is 27.9 Å². The van der Waals surface area contributed by atoms with E-state index in [2.05, 4.69) is 29.6 Å². The molecule has 32 heavy (non-hydrogen) atoms. The highest BCUT2D eigenvalue weighted by Gasteiger charge is 2.27. The number of benzene rings is 3. The molecule has 3 aromatic carbocycles. The minimum absolute atomic E-state index is 0.146. The zero-order chi connectivity index (χ0) is 22.7. The summed E-state index contributed by atoms with van der Waals surface area (Å²) in [5.41, 5.74) is 1.33. The first-order chi connectivity index (χ1) is 15.3. The molecule has 4 rings (SSSR count). The van der Waals surface area contributed by atoms with Gasteiger partial charge in [0.2, 0.25) is 15.9 Å². The standard InChI is InChI=1S/C24H26ClN3O3S/c1-27(20-9-8-18-6-2-3-7-19(18)16-20)15-12-24(29)26-23-17-21(10-11-22(23)25)32(30,31)28-13-4-5-14-28/h2-3,6-11,16-17H,4-5,12-15H2,1H3,(H,26,29). The van der Waals surface area contributed by atoms with Crippen LogP contribution in [0.1, 0.15) is 19.3 Å².